The van der Waals surface area contributed by atoms with Crippen molar-refractivity contribution in [3.63, 3.8) is 0 Å². The Bertz CT molecular complexity index is 574. The monoisotopic (exact) mass is 315 g/mol. The van der Waals surface area contributed by atoms with Crippen LogP contribution in [0.3, 0.4) is 0 Å². The molecule has 1 aromatic rings. The lowest BCUT2D eigenvalue weighted by molar-refractivity contribution is -0.146. The molecule has 0 aromatic carbocycles. The molecule has 1 heterocycles. The van der Waals surface area contributed by atoms with Crippen LogP contribution in [-0.4, -0.2) is 32.7 Å². The van der Waals surface area contributed by atoms with Gasteiger partial charge in [0, 0.05) is 25.0 Å². The lowest BCUT2D eigenvalue weighted by Gasteiger charge is -2.27. The van der Waals surface area contributed by atoms with E-state index >= 15 is 0 Å². The average molecular weight is 315 g/mol. The second-order valence-electron chi connectivity index (χ2n) is 6.16. The predicted molar refractivity (Wildman–Crippen MR) is 74.7 cm³/mol. The Morgan fingerprint density at radius 2 is 2.00 bits per heavy atom. The fourth-order valence-corrected chi connectivity index (χ4v) is 2.34. The van der Waals surface area contributed by atoms with Crippen LogP contribution < -0.4 is 5.32 Å². The second kappa shape index (κ2) is 5.66. The molecule has 1 saturated carbocycles. The molecule has 8 heteroatoms. The van der Waals surface area contributed by atoms with Crippen LogP contribution in [0, 0.1) is 5.92 Å². The molecule has 1 aliphatic carbocycles. The van der Waals surface area contributed by atoms with Crippen molar-refractivity contribution in [1.82, 2.24) is 9.78 Å². The highest BCUT2D eigenvalue weighted by molar-refractivity contribution is 5.92. The van der Waals surface area contributed by atoms with Crippen molar-refractivity contribution in [2.45, 2.75) is 51.0 Å². The molecule has 2 rings (SSSR count). The summed E-state index contributed by atoms with van der Waals surface area (Å²) in [5.74, 6) is -4.51. The first-order valence-electron chi connectivity index (χ1n) is 7.09. The van der Waals surface area contributed by atoms with E-state index in [2.05, 4.69) is 10.4 Å². The number of nitrogens with one attached hydrogen (secondary N) is 1. The van der Waals surface area contributed by atoms with E-state index in [1.807, 2.05) is 0 Å². The first kappa shape index (κ1) is 16.4. The molecular weight excluding hydrogens is 296 g/mol. The highest BCUT2D eigenvalue weighted by Gasteiger charge is 2.37. The third-order valence-electron chi connectivity index (χ3n) is 4.03. The van der Waals surface area contributed by atoms with Crippen molar-refractivity contribution in [2.75, 3.05) is 5.32 Å². The zero-order valence-corrected chi connectivity index (χ0v) is 12.5. The number of carbonyl (C=O) groups excluding carboxylic acids is 1. The first-order valence-corrected chi connectivity index (χ1v) is 7.09. The molecule has 1 amide bonds. The van der Waals surface area contributed by atoms with Crippen LogP contribution in [0.4, 0.5) is 14.5 Å². The van der Waals surface area contributed by atoms with Gasteiger partial charge in [-0.05, 0) is 26.7 Å². The summed E-state index contributed by atoms with van der Waals surface area (Å²) >= 11 is 0. The zero-order valence-electron chi connectivity index (χ0n) is 12.5. The molecule has 1 fully saturated rings. The Hall–Kier alpha value is -1.99. The van der Waals surface area contributed by atoms with Crippen molar-refractivity contribution in [2.24, 2.45) is 5.92 Å². The molecule has 0 radical (unpaired) electrons. The Morgan fingerprint density at radius 3 is 2.55 bits per heavy atom. The molecule has 1 aromatic heterocycles. The van der Waals surface area contributed by atoms with Crippen LogP contribution in [0.5, 0.6) is 0 Å². The summed E-state index contributed by atoms with van der Waals surface area (Å²) in [6.07, 6.45) is 2.50. The topological polar surface area (TPSA) is 84.2 Å². The first-order chi connectivity index (χ1) is 10.1. The van der Waals surface area contributed by atoms with Gasteiger partial charge in [-0.1, -0.05) is 0 Å². The summed E-state index contributed by atoms with van der Waals surface area (Å²) in [6, 6.07) is 0. The number of nitrogens with zero attached hydrogens (tertiary/aromatic N) is 2. The smallest absolute Gasteiger partial charge is 0.331 e. The third-order valence-corrected chi connectivity index (χ3v) is 4.03. The number of aromatic nitrogens is 2. The van der Waals surface area contributed by atoms with Gasteiger partial charge in [-0.3, -0.25) is 9.48 Å². The number of amides is 1. The standard InChI is InChI=1S/C14H19F2N3O3/c1-13(2,12(21)22)19-8-10(7-17-19)18-11(20)9-3-5-14(15,16)6-4-9/h7-9H,3-6H2,1-2H3,(H,18,20)(H,21,22). The number of hydrogen-bond acceptors (Lipinski definition) is 3. The van der Waals surface area contributed by atoms with Gasteiger partial charge in [0.25, 0.3) is 0 Å². The Morgan fingerprint density at radius 1 is 1.41 bits per heavy atom. The maximum Gasteiger partial charge on any atom is 0.331 e. The molecule has 0 saturated heterocycles. The number of halogens is 2. The van der Waals surface area contributed by atoms with Crippen molar-refractivity contribution >= 4 is 17.6 Å². The number of rotatable bonds is 4. The average Bonchev–Trinajstić information content (AvgIpc) is 2.87. The van der Waals surface area contributed by atoms with Crippen LogP contribution in [0.25, 0.3) is 0 Å². The number of aliphatic carboxylic acids is 1. The summed E-state index contributed by atoms with van der Waals surface area (Å²) < 4.78 is 27.4. The quantitative estimate of drug-likeness (QED) is 0.894. The fourth-order valence-electron chi connectivity index (χ4n) is 2.34. The number of carboxylic acid groups (broad SMARTS) is 1. The van der Waals surface area contributed by atoms with Crippen LogP contribution in [0.2, 0.25) is 0 Å². The van der Waals surface area contributed by atoms with E-state index in [1.165, 1.54) is 30.9 Å². The summed E-state index contributed by atoms with van der Waals surface area (Å²) in [5, 5.41) is 15.7. The molecule has 1 aliphatic rings. The van der Waals surface area contributed by atoms with E-state index < -0.39 is 23.3 Å². The van der Waals surface area contributed by atoms with Gasteiger partial charge in [-0.15, -0.1) is 0 Å². The van der Waals surface area contributed by atoms with E-state index in [9.17, 15) is 18.4 Å². The van der Waals surface area contributed by atoms with E-state index in [0.29, 0.717) is 5.69 Å². The molecule has 0 atom stereocenters. The molecule has 0 bridgehead atoms. The minimum atomic E-state index is -2.67. The number of alkyl halides is 2. The SMILES string of the molecule is CC(C)(C(=O)O)n1cc(NC(=O)C2CCC(F)(F)CC2)cn1. The molecule has 0 aliphatic heterocycles. The number of hydrogen-bond donors (Lipinski definition) is 2. The molecule has 0 spiro atoms. The number of carbonyl (C=O) groups is 2. The van der Waals surface area contributed by atoms with Gasteiger partial charge >= 0.3 is 5.97 Å². The van der Waals surface area contributed by atoms with E-state index in [1.54, 1.807) is 0 Å². The third kappa shape index (κ3) is 3.42. The van der Waals surface area contributed by atoms with Crippen LogP contribution in [0.1, 0.15) is 39.5 Å². The normalized spacial score (nSPS) is 18.9. The number of anilines is 1. The van der Waals surface area contributed by atoms with Gasteiger partial charge in [0.2, 0.25) is 11.8 Å². The molecule has 22 heavy (non-hydrogen) atoms. The minimum absolute atomic E-state index is 0.146. The lowest BCUT2D eigenvalue weighted by Crippen LogP contribution is -2.36. The highest BCUT2D eigenvalue weighted by atomic mass is 19.3. The molecule has 6 nitrogen and oxygen atoms in total. The lowest BCUT2D eigenvalue weighted by atomic mass is 9.86. The molecule has 0 unspecified atom stereocenters. The van der Waals surface area contributed by atoms with Crippen LogP contribution in [-0.2, 0) is 15.1 Å². The second-order valence-corrected chi connectivity index (χ2v) is 6.16. The summed E-state index contributed by atoms with van der Waals surface area (Å²) in [4.78, 5) is 23.2. The van der Waals surface area contributed by atoms with Crippen LogP contribution >= 0.6 is 0 Å². The highest BCUT2D eigenvalue weighted by Crippen LogP contribution is 2.36. The van der Waals surface area contributed by atoms with Gasteiger partial charge in [0.15, 0.2) is 5.54 Å². The fraction of sp³-hybridized carbons (Fsp3) is 0.643. The zero-order chi connectivity index (χ0) is 16.5. The minimum Gasteiger partial charge on any atom is -0.479 e. The predicted octanol–water partition coefficient (Wildman–Crippen LogP) is 2.47. The molecule has 122 valence electrons. The maximum atomic E-state index is 13.1. The van der Waals surface area contributed by atoms with Gasteiger partial charge < -0.3 is 10.4 Å². The van der Waals surface area contributed by atoms with E-state index in [4.69, 9.17) is 5.11 Å². The van der Waals surface area contributed by atoms with E-state index in [0.717, 1.165) is 0 Å². The van der Waals surface area contributed by atoms with Crippen molar-refractivity contribution < 1.29 is 23.5 Å². The van der Waals surface area contributed by atoms with Crippen LogP contribution in [0.15, 0.2) is 12.4 Å². The van der Waals surface area contributed by atoms with Crippen molar-refractivity contribution in [3.8, 4) is 0 Å². The summed E-state index contributed by atoms with van der Waals surface area (Å²) in [5.41, 5.74) is -0.882. The number of carboxylic acids is 1. The molecule has 2 N–H and O–H groups in total. The van der Waals surface area contributed by atoms with Crippen molar-refractivity contribution in [3.05, 3.63) is 12.4 Å². The van der Waals surface area contributed by atoms with Gasteiger partial charge in [0.05, 0.1) is 11.9 Å². The largest absolute Gasteiger partial charge is 0.479 e. The van der Waals surface area contributed by atoms with Gasteiger partial charge in [0.1, 0.15) is 0 Å². The summed E-state index contributed by atoms with van der Waals surface area (Å²) in [7, 11) is 0. The van der Waals surface area contributed by atoms with Gasteiger partial charge in [-0.2, -0.15) is 5.10 Å². The Kier molecular flexibility index (Phi) is 4.21. The maximum absolute atomic E-state index is 13.1. The molecular formula is C14H19F2N3O3. The van der Waals surface area contributed by atoms with E-state index in [-0.39, 0.29) is 31.6 Å². The Labute approximate surface area is 126 Å². The van der Waals surface area contributed by atoms with Crippen molar-refractivity contribution in [1.29, 1.82) is 0 Å². The van der Waals surface area contributed by atoms with Gasteiger partial charge in [-0.25, -0.2) is 13.6 Å². The summed E-state index contributed by atoms with van der Waals surface area (Å²) in [6.45, 7) is 2.97. The Balaban J connectivity index is 1.99.